The fourth-order valence-electron chi connectivity index (χ4n) is 2.42. The second-order valence-electron chi connectivity index (χ2n) is 5.75. The molecule has 28 heavy (non-hydrogen) atoms. The average Bonchev–Trinajstić information content (AvgIpc) is 2.71. The summed E-state index contributed by atoms with van der Waals surface area (Å²) >= 11 is 6.15. The van der Waals surface area contributed by atoms with E-state index < -0.39 is 6.10 Å². The Morgan fingerprint density at radius 3 is 2.54 bits per heavy atom. The highest BCUT2D eigenvalue weighted by Crippen LogP contribution is 2.35. The largest absolute Gasteiger partial charge is 0.496 e. The Bertz CT molecular complexity index is 841. The van der Waals surface area contributed by atoms with E-state index in [0.29, 0.717) is 34.4 Å². The maximum absolute atomic E-state index is 12.2. The number of benzene rings is 2. The van der Waals surface area contributed by atoms with E-state index in [1.807, 2.05) is 24.3 Å². The zero-order chi connectivity index (χ0) is 20.5. The zero-order valence-corrected chi connectivity index (χ0v) is 16.9. The summed E-state index contributed by atoms with van der Waals surface area (Å²) in [5, 5.41) is 7.03. The van der Waals surface area contributed by atoms with Crippen molar-refractivity contribution in [2.75, 3.05) is 21.3 Å². The Hall–Kier alpha value is -2.93. The highest BCUT2D eigenvalue weighted by atomic mass is 35.5. The first-order chi connectivity index (χ1) is 13.5. The van der Waals surface area contributed by atoms with Gasteiger partial charge in [-0.15, -0.1) is 0 Å². The smallest absolute Gasteiger partial charge is 0.263 e. The van der Waals surface area contributed by atoms with Gasteiger partial charge >= 0.3 is 0 Å². The molecule has 0 saturated carbocycles. The number of hydrogen-bond acceptors (Lipinski definition) is 6. The normalized spacial score (nSPS) is 11.8. The van der Waals surface area contributed by atoms with E-state index in [2.05, 4.69) is 10.5 Å². The van der Waals surface area contributed by atoms with Crippen LogP contribution in [0.1, 0.15) is 18.1 Å². The second-order valence-corrected chi connectivity index (χ2v) is 6.16. The average molecular weight is 407 g/mol. The first-order valence-electron chi connectivity index (χ1n) is 8.50. The number of oxime groups is 1. The fourth-order valence-corrected chi connectivity index (χ4v) is 2.71. The number of para-hydroxylation sites is 1. The van der Waals surface area contributed by atoms with Crippen LogP contribution in [0.15, 0.2) is 41.6 Å². The molecule has 2 aromatic rings. The minimum Gasteiger partial charge on any atom is -0.496 e. The van der Waals surface area contributed by atoms with Crippen LogP contribution in [0.5, 0.6) is 17.2 Å². The first-order valence-corrected chi connectivity index (χ1v) is 8.88. The molecule has 0 aliphatic carbocycles. The van der Waals surface area contributed by atoms with Crippen LogP contribution in [0.4, 0.5) is 0 Å². The van der Waals surface area contributed by atoms with Gasteiger partial charge in [-0.25, -0.2) is 0 Å². The molecule has 2 rings (SSSR count). The molecule has 0 spiro atoms. The van der Waals surface area contributed by atoms with Crippen LogP contribution in [-0.2, 0) is 16.2 Å². The SMILES string of the molecule is COc1ccccc1CNC(=O)C(C)O/N=C/c1cc(Cl)c(OC)c(OC)c1. The van der Waals surface area contributed by atoms with E-state index >= 15 is 0 Å². The fraction of sp³-hybridized carbons (Fsp3) is 0.300. The summed E-state index contributed by atoms with van der Waals surface area (Å²) in [7, 11) is 4.60. The van der Waals surface area contributed by atoms with Crippen LogP contribution >= 0.6 is 11.6 Å². The number of halogens is 1. The summed E-state index contributed by atoms with van der Waals surface area (Å²) < 4.78 is 15.7. The third-order valence-corrected chi connectivity index (χ3v) is 4.17. The number of rotatable bonds is 9. The molecular formula is C20H23ClN2O5. The molecule has 0 aliphatic heterocycles. The van der Waals surface area contributed by atoms with E-state index in [1.165, 1.54) is 20.4 Å². The summed E-state index contributed by atoms with van der Waals surface area (Å²) in [6.45, 7) is 1.93. The lowest BCUT2D eigenvalue weighted by Crippen LogP contribution is -2.33. The first kappa shape index (κ1) is 21.4. The molecule has 1 atom stereocenters. The lowest BCUT2D eigenvalue weighted by Gasteiger charge is -2.12. The molecule has 2 aromatic carbocycles. The zero-order valence-electron chi connectivity index (χ0n) is 16.2. The molecule has 0 aliphatic rings. The van der Waals surface area contributed by atoms with Gasteiger partial charge < -0.3 is 24.4 Å². The molecule has 1 amide bonds. The minimum atomic E-state index is -0.776. The van der Waals surface area contributed by atoms with Crippen LogP contribution in [0.3, 0.4) is 0 Å². The predicted molar refractivity (Wildman–Crippen MR) is 108 cm³/mol. The summed E-state index contributed by atoms with van der Waals surface area (Å²) in [5.41, 5.74) is 1.51. The van der Waals surface area contributed by atoms with Crippen molar-refractivity contribution >= 4 is 23.7 Å². The molecule has 150 valence electrons. The van der Waals surface area contributed by atoms with Crippen molar-refractivity contribution in [2.45, 2.75) is 19.6 Å². The van der Waals surface area contributed by atoms with Crippen molar-refractivity contribution in [3.05, 3.63) is 52.5 Å². The summed E-state index contributed by atoms with van der Waals surface area (Å²) in [4.78, 5) is 17.4. The van der Waals surface area contributed by atoms with E-state index in [4.69, 9.17) is 30.6 Å². The summed E-state index contributed by atoms with van der Waals surface area (Å²) in [6.07, 6.45) is 0.666. The molecule has 1 unspecified atom stereocenters. The molecule has 0 bridgehead atoms. The van der Waals surface area contributed by atoms with Gasteiger partial charge in [0.25, 0.3) is 5.91 Å². The Balaban J connectivity index is 1.93. The van der Waals surface area contributed by atoms with Gasteiger partial charge in [-0.05, 0) is 25.1 Å². The Labute approximate surface area is 169 Å². The highest BCUT2D eigenvalue weighted by Gasteiger charge is 2.15. The lowest BCUT2D eigenvalue weighted by molar-refractivity contribution is -0.131. The van der Waals surface area contributed by atoms with Crippen molar-refractivity contribution < 1.29 is 23.8 Å². The standard InChI is InChI=1S/C20H23ClN2O5/c1-13(20(24)22-12-15-7-5-6-8-17(15)25-2)28-23-11-14-9-16(21)19(27-4)18(10-14)26-3/h5-11,13H,12H2,1-4H3,(H,22,24)/b23-11+. The topological polar surface area (TPSA) is 78.4 Å². The maximum Gasteiger partial charge on any atom is 0.263 e. The van der Waals surface area contributed by atoms with Crippen molar-refractivity contribution in [3.8, 4) is 17.2 Å². The molecule has 0 aromatic heterocycles. The highest BCUT2D eigenvalue weighted by molar-refractivity contribution is 6.32. The predicted octanol–water partition coefficient (Wildman–Crippen LogP) is 3.42. The van der Waals surface area contributed by atoms with Crippen LogP contribution < -0.4 is 19.5 Å². The summed E-state index contributed by atoms with van der Waals surface area (Å²) in [6, 6.07) is 10.8. The number of hydrogen-bond donors (Lipinski definition) is 1. The number of carbonyl (C=O) groups is 1. The van der Waals surface area contributed by atoms with Crippen molar-refractivity contribution in [1.29, 1.82) is 0 Å². The molecule has 0 radical (unpaired) electrons. The minimum absolute atomic E-state index is 0.298. The second kappa shape index (κ2) is 10.4. The number of methoxy groups -OCH3 is 3. The molecule has 0 saturated heterocycles. The van der Waals surface area contributed by atoms with E-state index in [-0.39, 0.29) is 5.91 Å². The van der Waals surface area contributed by atoms with E-state index in [1.54, 1.807) is 26.2 Å². The molecule has 0 heterocycles. The number of nitrogens with zero attached hydrogens (tertiary/aromatic N) is 1. The summed E-state index contributed by atoms with van der Waals surface area (Å²) in [5.74, 6) is 1.32. The Morgan fingerprint density at radius 2 is 1.86 bits per heavy atom. The van der Waals surface area contributed by atoms with Gasteiger partial charge in [-0.2, -0.15) is 0 Å². The molecule has 8 heteroatoms. The van der Waals surface area contributed by atoms with Gasteiger partial charge in [0.15, 0.2) is 11.5 Å². The quantitative estimate of drug-likeness (QED) is 0.510. The van der Waals surface area contributed by atoms with Gasteiger partial charge in [-0.3, -0.25) is 4.79 Å². The Kier molecular flexibility index (Phi) is 7.95. The van der Waals surface area contributed by atoms with Crippen LogP contribution in [0.25, 0.3) is 0 Å². The van der Waals surface area contributed by atoms with Crippen molar-refractivity contribution in [2.24, 2.45) is 5.16 Å². The molecule has 7 nitrogen and oxygen atoms in total. The monoisotopic (exact) mass is 406 g/mol. The van der Waals surface area contributed by atoms with Gasteiger partial charge in [0.05, 0.1) is 32.6 Å². The van der Waals surface area contributed by atoms with E-state index in [0.717, 1.165) is 5.56 Å². The Morgan fingerprint density at radius 1 is 1.14 bits per heavy atom. The number of amides is 1. The van der Waals surface area contributed by atoms with Gasteiger partial charge in [0.2, 0.25) is 6.10 Å². The third-order valence-electron chi connectivity index (χ3n) is 3.89. The van der Waals surface area contributed by atoms with Crippen molar-refractivity contribution in [3.63, 3.8) is 0 Å². The maximum atomic E-state index is 12.2. The van der Waals surface area contributed by atoms with Crippen LogP contribution in [0, 0.1) is 0 Å². The van der Waals surface area contributed by atoms with Crippen LogP contribution in [0.2, 0.25) is 5.02 Å². The molecular weight excluding hydrogens is 384 g/mol. The molecule has 0 fully saturated rings. The van der Waals surface area contributed by atoms with Gasteiger partial charge in [0, 0.05) is 17.7 Å². The van der Waals surface area contributed by atoms with Crippen molar-refractivity contribution in [1.82, 2.24) is 5.32 Å². The molecule has 1 N–H and O–H groups in total. The van der Waals surface area contributed by atoms with Crippen LogP contribution in [-0.4, -0.2) is 39.6 Å². The lowest BCUT2D eigenvalue weighted by atomic mass is 10.2. The van der Waals surface area contributed by atoms with Gasteiger partial charge in [0.1, 0.15) is 5.75 Å². The third kappa shape index (κ3) is 5.53. The number of ether oxygens (including phenoxy) is 3. The van der Waals surface area contributed by atoms with E-state index in [9.17, 15) is 4.79 Å². The number of nitrogens with one attached hydrogen (secondary N) is 1. The van der Waals surface area contributed by atoms with Gasteiger partial charge in [-0.1, -0.05) is 35.0 Å². The number of carbonyl (C=O) groups excluding carboxylic acids is 1.